The Morgan fingerprint density at radius 2 is 1.55 bits per heavy atom. The highest BCUT2D eigenvalue weighted by atomic mass is 19.2. The van der Waals surface area contributed by atoms with E-state index in [4.69, 9.17) is 5.11 Å². The van der Waals surface area contributed by atoms with Crippen LogP contribution >= 0.6 is 0 Å². The third kappa shape index (κ3) is 5.12. The Bertz CT molecular complexity index is 1980. The number of nitrogens with zero attached hydrogens (tertiary/aromatic N) is 1. The lowest BCUT2D eigenvalue weighted by Gasteiger charge is -2.18. The Labute approximate surface area is 240 Å². The van der Waals surface area contributed by atoms with Crippen LogP contribution in [0.5, 0.6) is 0 Å². The second kappa shape index (κ2) is 10.9. The molecule has 0 aliphatic rings. The van der Waals surface area contributed by atoms with Gasteiger partial charge in [0.15, 0.2) is 11.6 Å². The van der Waals surface area contributed by atoms with Gasteiger partial charge in [-0.15, -0.1) is 0 Å². The van der Waals surface area contributed by atoms with Crippen molar-refractivity contribution in [1.29, 1.82) is 0 Å². The summed E-state index contributed by atoms with van der Waals surface area (Å²) in [4.78, 5) is 24.9. The summed E-state index contributed by atoms with van der Waals surface area (Å²) in [7, 11) is 0. The first-order chi connectivity index (χ1) is 20.3. The van der Waals surface area contributed by atoms with Crippen molar-refractivity contribution in [2.45, 2.75) is 19.4 Å². The van der Waals surface area contributed by atoms with Gasteiger partial charge >= 0.3 is 5.97 Å². The number of hydrogen-bond donors (Lipinski definition) is 2. The zero-order valence-corrected chi connectivity index (χ0v) is 22.6. The third-order valence-corrected chi connectivity index (χ3v) is 7.63. The van der Waals surface area contributed by atoms with Gasteiger partial charge < -0.3 is 14.8 Å². The summed E-state index contributed by atoms with van der Waals surface area (Å²) in [6.07, 6.45) is 0. The number of carbonyl (C=O) groups excluding carboxylic acids is 1. The molecule has 0 radical (unpaired) electrons. The summed E-state index contributed by atoms with van der Waals surface area (Å²) in [6, 6.07) is 31.8. The number of carboxylic acid groups (broad SMARTS) is 1. The van der Waals surface area contributed by atoms with E-state index in [1.807, 2.05) is 34.7 Å². The number of nitrogens with one attached hydrogen (secondary N) is 1. The van der Waals surface area contributed by atoms with Crippen LogP contribution in [0.25, 0.3) is 27.4 Å². The van der Waals surface area contributed by atoms with Gasteiger partial charge in [0, 0.05) is 23.7 Å². The van der Waals surface area contributed by atoms with Gasteiger partial charge in [-0.3, -0.25) is 4.79 Å². The molecular formula is C35H26F2N2O3. The lowest BCUT2D eigenvalue weighted by atomic mass is 9.95. The number of hydrogen-bond acceptors (Lipinski definition) is 2. The molecule has 2 aromatic heterocycles. The van der Waals surface area contributed by atoms with Crippen molar-refractivity contribution in [3.05, 3.63) is 149 Å². The van der Waals surface area contributed by atoms with E-state index in [1.165, 1.54) is 18.2 Å². The Morgan fingerprint density at radius 1 is 0.786 bits per heavy atom. The Morgan fingerprint density at radius 3 is 2.29 bits per heavy atom. The summed E-state index contributed by atoms with van der Waals surface area (Å²) in [5.41, 5.74) is 4.96. The molecular weight excluding hydrogens is 534 g/mol. The zero-order valence-electron chi connectivity index (χ0n) is 22.6. The van der Waals surface area contributed by atoms with Gasteiger partial charge in [-0.1, -0.05) is 67.6 Å². The molecule has 0 saturated heterocycles. The molecule has 7 heteroatoms. The maximum Gasteiger partial charge on any atom is 0.335 e. The number of aromatic nitrogens is 1. The topological polar surface area (TPSA) is 70.8 Å². The molecule has 0 fully saturated rings. The SMILES string of the molecule is C[C@H](c1ccc2ccccc2c1)c1ccc2cc(-c3ccc(F)c(F)c3)cc(C(=O)NCc3ccc(C(=O)O)cc3)n12. The quantitative estimate of drug-likeness (QED) is 0.209. The number of rotatable bonds is 7. The Kier molecular flexibility index (Phi) is 7.00. The fraction of sp³-hybridized carbons (Fsp3) is 0.0857. The van der Waals surface area contributed by atoms with Crippen LogP contribution in [-0.2, 0) is 6.54 Å². The van der Waals surface area contributed by atoms with E-state index in [-0.39, 0.29) is 23.9 Å². The van der Waals surface area contributed by atoms with Crippen molar-refractivity contribution < 1.29 is 23.5 Å². The van der Waals surface area contributed by atoms with Crippen LogP contribution in [0, 0.1) is 11.6 Å². The maximum atomic E-state index is 14.1. The molecule has 2 N–H and O–H groups in total. The van der Waals surface area contributed by atoms with Gasteiger partial charge in [0.1, 0.15) is 5.69 Å². The molecule has 1 amide bonds. The van der Waals surface area contributed by atoms with Crippen LogP contribution in [0.15, 0.2) is 109 Å². The van der Waals surface area contributed by atoms with Gasteiger partial charge in [0.2, 0.25) is 0 Å². The van der Waals surface area contributed by atoms with E-state index >= 15 is 0 Å². The number of aromatic carboxylic acids is 1. The number of carboxylic acids is 1. The van der Waals surface area contributed by atoms with Crippen LogP contribution < -0.4 is 5.32 Å². The van der Waals surface area contributed by atoms with Crippen molar-refractivity contribution >= 4 is 28.2 Å². The number of pyridine rings is 1. The monoisotopic (exact) mass is 560 g/mol. The van der Waals surface area contributed by atoms with Crippen LogP contribution in [0.1, 0.15) is 50.5 Å². The minimum atomic E-state index is -1.03. The highest BCUT2D eigenvalue weighted by Crippen LogP contribution is 2.32. The van der Waals surface area contributed by atoms with Crippen LogP contribution in [0.3, 0.4) is 0 Å². The number of carbonyl (C=O) groups is 2. The van der Waals surface area contributed by atoms with Crippen LogP contribution in [0.2, 0.25) is 0 Å². The number of benzene rings is 4. The molecule has 4 aromatic carbocycles. The second-order valence-electron chi connectivity index (χ2n) is 10.3. The van der Waals surface area contributed by atoms with Crippen molar-refractivity contribution in [2.24, 2.45) is 0 Å². The van der Waals surface area contributed by atoms with Crippen molar-refractivity contribution in [2.75, 3.05) is 0 Å². The van der Waals surface area contributed by atoms with Gasteiger partial charge in [-0.25, -0.2) is 13.6 Å². The second-order valence-corrected chi connectivity index (χ2v) is 10.3. The molecule has 6 aromatic rings. The first kappa shape index (κ1) is 26.9. The van der Waals surface area contributed by atoms with E-state index in [1.54, 1.807) is 18.2 Å². The summed E-state index contributed by atoms with van der Waals surface area (Å²) in [5, 5.41) is 14.4. The predicted octanol–water partition coefficient (Wildman–Crippen LogP) is 7.82. The molecule has 5 nitrogen and oxygen atoms in total. The van der Waals surface area contributed by atoms with E-state index in [0.717, 1.165) is 45.2 Å². The minimum Gasteiger partial charge on any atom is -0.478 e. The van der Waals surface area contributed by atoms with E-state index in [9.17, 15) is 18.4 Å². The molecule has 0 unspecified atom stereocenters. The molecule has 208 valence electrons. The summed E-state index contributed by atoms with van der Waals surface area (Å²) in [6.45, 7) is 2.26. The molecule has 0 saturated carbocycles. The molecule has 0 bridgehead atoms. The highest BCUT2D eigenvalue weighted by Gasteiger charge is 2.20. The van der Waals surface area contributed by atoms with Crippen molar-refractivity contribution in [1.82, 2.24) is 9.72 Å². The number of amides is 1. The molecule has 0 aliphatic carbocycles. The number of fused-ring (bicyclic) bond motifs is 2. The van der Waals surface area contributed by atoms with Gasteiger partial charge in [-0.2, -0.15) is 0 Å². The summed E-state index contributed by atoms with van der Waals surface area (Å²) < 4.78 is 29.7. The molecule has 1 atom stereocenters. The van der Waals surface area contributed by atoms with E-state index in [0.29, 0.717) is 16.8 Å². The van der Waals surface area contributed by atoms with Gasteiger partial charge in [-0.05, 0) is 81.6 Å². The molecule has 0 spiro atoms. The standard InChI is InChI=1S/C35H26F2N2O3/c1-21(25-11-10-23-4-2-3-5-26(23)16-25)32-15-13-29-17-28(27-12-14-30(36)31(37)18-27)19-33(39(29)32)34(40)38-20-22-6-8-24(9-7-22)35(41)42/h2-19,21H,20H2,1H3,(H,38,40)(H,41,42)/t21-/m1/s1. The van der Waals surface area contributed by atoms with Gasteiger partial charge in [0.25, 0.3) is 5.91 Å². The van der Waals surface area contributed by atoms with Crippen molar-refractivity contribution in [3.8, 4) is 11.1 Å². The predicted molar refractivity (Wildman–Crippen MR) is 159 cm³/mol. The Balaban J connectivity index is 1.42. The fourth-order valence-corrected chi connectivity index (χ4v) is 5.31. The fourth-order valence-electron chi connectivity index (χ4n) is 5.31. The Hall–Kier alpha value is -5.30. The molecule has 42 heavy (non-hydrogen) atoms. The summed E-state index contributed by atoms with van der Waals surface area (Å²) in [5.74, 6) is -3.37. The van der Waals surface area contributed by atoms with Gasteiger partial charge in [0.05, 0.1) is 5.56 Å². The van der Waals surface area contributed by atoms with E-state index < -0.39 is 17.6 Å². The molecule has 2 heterocycles. The van der Waals surface area contributed by atoms with E-state index in [2.05, 4.69) is 42.6 Å². The maximum absolute atomic E-state index is 14.1. The first-order valence-electron chi connectivity index (χ1n) is 13.5. The van der Waals surface area contributed by atoms with Crippen LogP contribution in [-0.4, -0.2) is 21.4 Å². The average molecular weight is 561 g/mol. The summed E-state index contributed by atoms with van der Waals surface area (Å²) >= 11 is 0. The minimum absolute atomic E-state index is 0.0682. The molecule has 0 aliphatic heterocycles. The van der Waals surface area contributed by atoms with Crippen LogP contribution in [0.4, 0.5) is 8.78 Å². The normalized spacial score (nSPS) is 12.0. The first-order valence-corrected chi connectivity index (χ1v) is 13.5. The average Bonchev–Trinajstić information content (AvgIpc) is 3.44. The zero-order chi connectivity index (χ0) is 29.4. The lowest BCUT2D eigenvalue weighted by Crippen LogP contribution is -2.25. The lowest BCUT2D eigenvalue weighted by molar-refractivity contribution is 0.0696. The number of halogens is 2. The largest absolute Gasteiger partial charge is 0.478 e. The third-order valence-electron chi connectivity index (χ3n) is 7.63. The smallest absolute Gasteiger partial charge is 0.335 e. The van der Waals surface area contributed by atoms with Crippen molar-refractivity contribution in [3.63, 3.8) is 0 Å². The molecule has 6 rings (SSSR count). The highest BCUT2D eigenvalue weighted by molar-refractivity contribution is 5.95.